The lowest BCUT2D eigenvalue weighted by Crippen LogP contribution is -2.29. The third-order valence-corrected chi connectivity index (χ3v) is 3.79. The van der Waals surface area contributed by atoms with E-state index in [2.05, 4.69) is 24.1 Å². The van der Waals surface area contributed by atoms with Gasteiger partial charge in [0.25, 0.3) is 0 Å². The van der Waals surface area contributed by atoms with Crippen LogP contribution >= 0.6 is 0 Å². The van der Waals surface area contributed by atoms with Crippen molar-refractivity contribution in [3.63, 3.8) is 0 Å². The Kier molecular flexibility index (Phi) is 6.97. The van der Waals surface area contributed by atoms with Crippen molar-refractivity contribution in [2.24, 2.45) is 11.7 Å². The molecule has 0 aliphatic heterocycles. The van der Waals surface area contributed by atoms with Crippen LogP contribution in [0.15, 0.2) is 36.5 Å². The molecule has 0 spiro atoms. The van der Waals surface area contributed by atoms with Crippen LogP contribution in [0.4, 0.5) is 5.82 Å². The molecule has 1 aromatic carbocycles. The van der Waals surface area contributed by atoms with Crippen LogP contribution in [0.1, 0.15) is 27.2 Å². The summed E-state index contributed by atoms with van der Waals surface area (Å²) in [6, 6.07) is 9.30. The number of nitrogens with one attached hydrogen (secondary N) is 1. The Morgan fingerprint density at radius 2 is 2.08 bits per heavy atom. The number of methoxy groups -OCH3 is 1. The van der Waals surface area contributed by atoms with Gasteiger partial charge in [0.05, 0.1) is 7.11 Å². The van der Waals surface area contributed by atoms with Gasteiger partial charge in [-0.25, -0.2) is 4.98 Å². The van der Waals surface area contributed by atoms with Gasteiger partial charge in [-0.3, -0.25) is 4.79 Å². The van der Waals surface area contributed by atoms with Crippen molar-refractivity contribution in [2.75, 3.05) is 19.0 Å². The zero-order chi connectivity index (χ0) is 19.1. The van der Waals surface area contributed by atoms with E-state index in [0.29, 0.717) is 29.8 Å². The number of benzene rings is 1. The number of nitrogens with two attached hydrogens (primary N) is 1. The quantitative estimate of drug-likeness (QED) is 0.755. The van der Waals surface area contributed by atoms with Crippen LogP contribution in [-0.2, 0) is 4.79 Å². The smallest absolute Gasteiger partial charge is 0.222 e. The Hall–Kier alpha value is -2.60. The molecule has 1 amide bonds. The Bertz CT molecular complexity index is 747. The normalized spacial score (nSPS) is 11.9. The highest BCUT2D eigenvalue weighted by molar-refractivity contribution is 5.88. The number of ether oxygens (including phenoxy) is 2. The number of anilines is 1. The van der Waals surface area contributed by atoms with Gasteiger partial charge in [-0.1, -0.05) is 26.0 Å². The van der Waals surface area contributed by atoms with Crippen molar-refractivity contribution in [3.8, 4) is 22.6 Å². The third-order valence-electron chi connectivity index (χ3n) is 3.79. The van der Waals surface area contributed by atoms with E-state index in [1.165, 1.54) is 6.92 Å². The first-order chi connectivity index (χ1) is 12.4. The summed E-state index contributed by atoms with van der Waals surface area (Å²) < 4.78 is 11.5. The molecule has 1 atom stereocenters. The van der Waals surface area contributed by atoms with Crippen LogP contribution in [-0.4, -0.2) is 30.6 Å². The van der Waals surface area contributed by atoms with Gasteiger partial charge in [-0.05, 0) is 36.1 Å². The summed E-state index contributed by atoms with van der Waals surface area (Å²) in [6.07, 6.45) is 2.53. The van der Waals surface area contributed by atoms with Gasteiger partial charge in [0, 0.05) is 24.7 Å². The van der Waals surface area contributed by atoms with Gasteiger partial charge in [-0.15, -0.1) is 0 Å². The maximum absolute atomic E-state index is 11.3. The minimum absolute atomic E-state index is 0.0554. The second kappa shape index (κ2) is 9.20. The lowest BCUT2D eigenvalue weighted by atomic mass is 10.0. The number of pyridine rings is 1. The number of hydrogen-bond acceptors (Lipinski definition) is 5. The van der Waals surface area contributed by atoms with Crippen molar-refractivity contribution >= 4 is 11.7 Å². The highest BCUT2D eigenvalue weighted by Crippen LogP contribution is 2.38. The molecule has 0 saturated carbocycles. The maximum Gasteiger partial charge on any atom is 0.222 e. The highest BCUT2D eigenvalue weighted by atomic mass is 16.5. The molecule has 26 heavy (non-hydrogen) atoms. The molecule has 6 nitrogen and oxygen atoms in total. The predicted octanol–water partition coefficient (Wildman–Crippen LogP) is 3.47. The standard InChI is InChI=1S/C20H27N3O3/c1-13(2)10-16(21)12-26-20-17(6-5-7-18(20)25-4)15-8-9-22-19(11-15)23-14(3)24/h5-9,11,13,16H,10,12,21H2,1-4H3,(H,22,23,24). The van der Waals surface area contributed by atoms with Crippen LogP contribution in [0.2, 0.25) is 0 Å². The fraction of sp³-hybridized carbons (Fsp3) is 0.400. The van der Waals surface area contributed by atoms with Crippen LogP contribution < -0.4 is 20.5 Å². The fourth-order valence-corrected chi connectivity index (χ4v) is 2.76. The Labute approximate surface area is 154 Å². The Morgan fingerprint density at radius 1 is 1.31 bits per heavy atom. The zero-order valence-electron chi connectivity index (χ0n) is 15.8. The van der Waals surface area contributed by atoms with Gasteiger partial charge >= 0.3 is 0 Å². The molecule has 2 aromatic rings. The topological polar surface area (TPSA) is 86.5 Å². The third kappa shape index (κ3) is 5.46. The van der Waals surface area contributed by atoms with E-state index in [1.807, 2.05) is 24.3 Å². The van der Waals surface area contributed by atoms with Crippen molar-refractivity contribution in [1.82, 2.24) is 4.98 Å². The van der Waals surface area contributed by atoms with E-state index < -0.39 is 0 Å². The van der Waals surface area contributed by atoms with Gasteiger partial charge in [0.2, 0.25) is 5.91 Å². The summed E-state index contributed by atoms with van der Waals surface area (Å²) >= 11 is 0. The summed E-state index contributed by atoms with van der Waals surface area (Å²) in [6.45, 7) is 6.11. The SMILES string of the molecule is COc1cccc(-c2ccnc(NC(C)=O)c2)c1OCC(N)CC(C)C. The molecule has 140 valence electrons. The monoisotopic (exact) mass is 357 g/mol. The zero-order valence-corrected chi connectivity index (χ0v) is 15.8. The molecule has 0 aliphatic carbocycles. The largest absolute Gasteiger partial charge is 0.493 e. The van der Waals surface area contributed by atoms with Crippen molar-refractivity contribution in [3.05, 3.63) is 36.5 Å². The van der Waals surface area contributed by atoms with Crippen LogP contribution in [0.5, 0.6) is 11.5 Å². The minimum atomic E-state index is -0.170. The average Bonchev–Trinajstić information content (AvgIpc) is 2.58. The number of rotatable bonds is 8. The molecule has 1 heterocycles. The number of hydrogen-bond donors (Lipinski definition) is 2. The molecule has 1 unspecified atom stereocenters. The van der Waals surface area contributed by atoms with Gasteiger partial charge < -0.3 is 20.5 Å². The van der Waals surface area contributed by atoms with Crippen LogP contribution in [0.25, 0.3) is 11.1 Å². The average molecular weight is 357 g/mol. The van der Waals surface area contributed by atoms with E-state index in [0.717, 1.165) is 17.5 Å². The molecule has 0 saturated heterocycles. The van der Waals surface area contributed by atoms with Gasteiger partial charge in [-0.2, -0.15) is 0 Å². The van der Waals surface area contributed by atoms with E-state index >= 15 is 0 Å². The van der Waals surface area contributed by atoms with Gasteiger partial charge in [0.15, 0.2) is 11.5 Å². The number of para-hydroxylation sites is 1. The molecular formula is C20H27N3O3. The first-order valence-electron chi connectivity index (χ1n) is 8.70. The highest BCUT2D eigenvalue weighted by Gasteiger charge is 2.15. The molecule has 0 fully saturated rings. The molecule has 6 heteroatoms. The molecule has 2 rings (SSSR count). The lowest BCUT2D eigenvalue weighted by Gasteiger charge is -2.19. The maximum atomic E-state index is 11.3. The lowest BCUT2D eigenvalue weighted by molar-refractivity contribution is -0.114. The summed E-state index contributed by atoms with van der Waals surface area (Å²) in [4.78, 5) is 15.4. The molecule has 0 bridgehead atoms. The van der Waals surface area contributed by atoms with Crippen molar-refractivity contribution in [1.29, 1.82) is 0 Å². The molecule has 3 N–H and O–H groups in total. The van der Waals surface area contributed by atoms with Crippen molar-refractivity contribution in [2.45, 2.75) is 33.2 Å². The van der Waals surface area contributed by atoms with Crippen LogP contribution in [0.3, 0.4) is 0 Å². The summed E-state index contributed by atoms with van der Waals surface area (Å²) in [5.41, 5.74) is 7.89. The fourth-order valence-electron chi connectivity index (χ4n) is 2.76. The number of nitrogens with zero attached hydrogens (tertiary/aromatic N) is 1. The second-order valence-electron chi connectivity index (χ2n) is 6.65. The summed E-state index contributed by atoms with van der Waals surface area (Å²) in [5.74, 6) is 2.09. The number of carbonyl (C=O) groups excluding carboxylic acids is 1. The Morgan fingerprint density at radius 3 is 2.73 bits per heavy atom. The second-order valence-corrected chi connectivity index (χ2v) is 6.65. The van der Waals surface area contributed by atoms with E-state index in [9.17, 15) is 4.79 Å². The molecule has 0 aliphatic rings. The number of aromatic nitrogens is 1. The van der Waals surface area contributed by atoms with E-state index in [-0.39, 0.29) is 11.9 Å². The first kappa shape index (κ1) is 19.7. The van der Waals surface area contributed by atoms with E-state index in [4.69, 9.17) is 15.2 Å². The summed E-state index contributed by atoms with van der Waals surface area (Å²) in [5, 5.41) is 2.69. The molecule has 0 radical (unpaired) electrons. The minimum Gasteiger partial charge on any atom is -0.493 e. The predicted molar refractivity (Wildman–Crippen MR) is 103 cm³/mol. The van der Waals surface area contributed by atoms with E-state index in [1.54, 1.807) is 19.4 Å². The number of amides is 1. The summed E-state index contributed by atoms with van der Waals surface area (Å²) in [7, 11) is 1.61. The first-order valence-corrected chi connectivity index (χ1v) is 8.70. The molecular weight excluding hydrogens is 330 g/mol. The van der Waals surface area contributed by atoms with Crippen LogP contribution in [0, 0.1) is 5.92 Å². The van der Waals surface area contributed by atoms with Crippen molar-refractivity contribution < 1.29 is 14.3 Å². The van der Waals surface area contributed by atoms with Gasteiger partial charge in [0.1, 0.15) is 12.4 Å². The number of carbonyl (C=O) groups is 1. The molecule has 1 aromatic heterocycles. The Balaban J connectivity index is 2.32.